The van der Waals surface area contributed by atoms with Gasteiger partial charge < -0.3 is 11.5 Å². The second kappa shape index (κ2) is 11.5. The maximum atomic E-state index is 13.0. The van der Waals surface area contributed by atoms with Crippen LogP contribution in [0.15, 0.2) is 48.1 Å². The number of nitrogens with two attached hydrogens (primary N) is 2. The Hall–Kier alpha value is -1.13. The zero-order valence-electron chi connectivity index (χ0n) is 15.0. The van der Waals surface area contributed by atoms with Gasteiger partial charge in [0.2, 0.25) is 0 Å². The fourth-order valence-corrected chi connectivity index (χ4v) is 3.00. The number of ketones is 1. The number of hydrogen-bond acceptors (Lipinski definition) is 3. The predicted octanol–water partition coefficient (Wildman–Crippen LogP) is 4.23. The predicted molar refractivity (Wildman–Crippen MR) is 111 cm³/mol. The fraction of sp³-hybridized carbons (Fsp3) is 0.450. The van der Waals surface area contributed by atoms with Crippen LogP contribution in [0.5, 0.6) is 0 Å². The van der Waals surface area contributed by atoms with Crippen molar-refractivity contribution >= 4 is 30.6 Å². The molecule has 0 saturated carbocycles. The van der Waals surface area contributed by atoms with Crippen molar-refractivity contribution in [3.05, 3.63) is 59.2 Å². The number of hydrogen-bond donors (Lipinski definition) is 2. The molecular weight excluding hydrogens is 355 g/mol. The molecule has 0 radical (unpaired) electrons. The lowest BCUT2D eigenvalue weighted by Crippen LogP contribution is -2.23. The minimum absolute atomic E-state index is 0. The summed E-state index contributed by atoms with van der Waals surface area (Å²) in [6, 6.07) is 8.02. The van der Waals surface area contributed by atoms with E-state index >= 15 is 0 Å². The molecule has 1 aromatic rings. The summed E-state index contributed by atoms with van der Waals surface area (Å²) in [5.41, 5.74) is 15.0. The average molecular weight is 385 g/mol. The van der Waals surface area contributed by atoms with Crippen molar-refractivity contribution in [3.8, 4) is 0 Å². The van der Waals surface area contributed by atoms with E-state index in [-0.39, 0.29) is 48.6 Å². The smallest absolute Gasteiger partial charge is 0.170 e. The molecule has 1 aliphatic carbocycles. The molecule has 0 heterocycles. The summed E-state index contributed by atoms with van der Waals surface area (Å²) in [4.78, 5) is 13.0. The van der Waals surface area contributed by atoms with Crippen LogP contribution in [-0.4, -0.2) is 17.9 Å². The summed E-state index contributed by atoms with van der Waals surface area (Å²) in [7, 11) is 0. The quantitative estimate of drug-likeness (QED) is 0.690. The third kappa shape index (κ3) is 6.95. The molecule has 0 aromatic heterocycles. The molecule has 140 valence electrons. The van der Waals surface area contributed by atoms with Crippen LogP contribution in [0, 0.1) is 5.92 Å². The zero-order chi connectivity index (χ0) is 16.8. The largest absolute Gasteiger partial charge is 0.328 e. The van der Waals surface area contributed by atoms with E-state index in [0.717, 1.165) is 36.8 Å². The molecule has 25 heavy (non-hydrogen) atoms. The van der Waals surface area contributed by atoms with E-state index in [2.05, 4.69) is 25.2 Å². The first-order valence-electron chi connectivity index (χ1n) is 8.51. The van der Waals surface area contributed by atoms with Crippen LogP contribution in [0.4, 0.5) is 0 Å². The van der Waals surface area contributed by atoms with Crippen molar-refractivity contribution < 1.29 is 4.79 Å². The Balaban J connectivity index is 0.00000288. The highest BCUT2D eigenvalue weighted by atomic mass is 35.5. The van der Waals surface area contributed by atoms with Gasteiger partial charge >= 0.3 is 0 Å². The van der Waals surface area contributed by atoms with Crippen LogP contribution in [0.1, 0.15) is 49.0 Å². The molecule has 3 atom stereocenters. The van der Waals surface area contributed by atoms with Crippen molar-refractivity contribution in [2.75, 3.05) is 0 Å². The van der Waals surface area contributed by atoms with Crippen LogP contribution >= 0.6 is 24.8 Å². The summed E-state index contributed by atoms with van der Waals surface area (Å²) < 4.78 is 0. The van der Waals surface area contributed by atoms with Gasteiger partial charge in [-0.1, -0.05) is 55.0 Å². The summed E-state index contributed by atoms with van der Waals surface area (Å²) in [5.74, 6) is 0.0986. The van der Waals surface area contributed by atoms with E-state index in [1.165, 1.54) is 5.57 Å². The topological polar surface area (TPSA) is 69.1 Å². The Morgan fingerprint density at radius 3 is 2.52 bits per heavy atom. The highest BCUT2D eigenvalue weighted by molar-refractivity contribution is 6.00. The van der Waals surface area contributed by atoms with Gasteiger partial charge in [0.05, 0.1) is 0 Å². The Kier molecular flexibility index (Phi) is 11.0. The average Bonchev–Trinajstić information content (AvgIpc) is 2.54. The first-order valence-corrected chi connectivity index (χ1v) is 8.51. The zero-order valence-corrected chi connectivity index (χ0v) is 16.6. The molecule has 1 aliphatic rings. The Bertz CT molecular complexity index is 611. The van der Waals surface area contributed by atoms with Gasteiger partial charge in [0, 0.05) is 23.6 Å². The number of allylic oxidation sites excluding steroid dienone is 3. The molecule has 2 rings (SSSR count). The highest BCUT2D eigenvalue weighted by Gasteiger charge is 2.22. The number of carbonyl (C=O) groups excluding carboxylic acids is 1. The molecule has 0 spiro atoms. The van der Waals surface area contributed by atoms with Crippen molar-refractivity contribution in [1.29, 1.82) is 0 Å². The van der Waals surface area contributed by atoms with Gasteiger partial charge in [-0.15, -0.1) is 24.8 Å². The number of halogens is 2. The fourth-order valence-electron chi connectivity index (χ4n) is 3.00. The van der Waals surface area contributed by atoms with E-state index < -0.39 is 0 Å². The van der Waals surface area contributed by atoms with E-state index in [0.29, 0.717) is 0 Å². The van der Waals surface area contributed by atoms with Crippen LogP contribution in [0.3, 0.4) is 0 Å². The first kappa shape index (κ1) is 23.9. The number of rotatable bonds is 7. The maximum absolute atomic E-state index is 13.0. The highest BCUT2D eigenvalue weighted by Crippen LogP contribution is 2.25. The molecule has 5 heteroatoms. The van der Waals surface area contributed by atoms with Crippen LogP contribution < -0.4 is 11.5 Å². The van der Waals surface area contributed by atoms with Crippen LogP contribution in [0.2, 0.25) is 0 Å². The molecule has 0 fully saturated rings. The van der Waals surface area contributed by atoms with E-state index in [1.807, 2.05) is 31.2 Å². The molecule has 0 saturated heterocycles. The number of benzene rings is 1. The first-order chi connectivity index (χ1) is 11.0. The Labute approximate surface area is 163 Å². The Morgan fingerprint density at radius 1 is 1.20 bits per heavy atom. The minimum atomic E-state index is -0.0895. The Morgan fingerprint density at radius 2 is 1.88 bits per heavy atom. The monoisotopic (exact) mass is 384 g/mol. The summed E-state index contributed by atoms with van der Waals surface area (Å²) in [5, 5.41) is 0. The third-order valence-electron chi connectivity index (χ3n) is 4.32. The third-order valence-corrected chi connectivity index (χ3v) is 4.32. The van der Waals surface area contributed by atoms with Crippen molar-refractivity contribution in [1.82, 2.24) is 0 Å². The lowest BCUT2D eigenvalue weighted by molar-refractivity contribution is 0.0944. The van der Waals surface area contributed by atoms with Gasteiger partial charge in [0.15, 0.2) is 5.78 Å². The molecule has 0 bridgehead atoms. The van der Waals surface area contributed by atoms with Crippen LogP contribution in [0.25, 0.3) is 0 Å². The SMILES string of the molecule is CCC(N)CC1=CC(C(=O)c2ccccc2CC(C)N)CC=C1.Cl.Cl. The molecule has 0 aliphatic heterocycles. The molecule has 3 unspecified atom stereocenters. The lowest BCUT2D eigenvalue weighted by Gasteiger charge is -2.19. The lowest BCUT2D eigenvalue weighted by atomic mass is 9.85. The van der Waals surface area contributed by atoms with E-state index in [9.17, 15) is 4.79 Å². The van der Waals surface area contributed by atoms with Gasteiger partial charge in [-0.2, -0.15) is 0 Å². The number of carbonyl (C=O) groups is 1. The summed E-state index contributed by atoms with van der Waals surface area (Å²) in [6.07, 6.45) is 9.55. The van der Waals surface area contributed by atoms with Gasteiger partial charge in [0.25, 0.3) is 0 Å². The second-order valence-corrected chi connectivity index (χ2v) is 6.56. The normalized spacial score (nSPS) is 18.4. The van der Waals surface area contributed by atoms with Gasteiger partial charge in [0.1, 0.15) is 0 Å². The summed E-state index contributed by atoms with van der Waals surface area (Å²) >= 11 is 0. The molecule has 0 amide bonds. The molecule has 4 N–H and O–H groups in total. The number of Topliss-reactive ketones (excluding diaryl/α,β-unsaturated/α-hetero) is 1. The maximum Gasteiger partial charge on any atom is 0.170 e. The molecule has 3 nitrogen and oxygen atoms in total. The van der Waals surface area contributed by atoms with Crippen molar-refractivity contribution in [2.45, 2.75) is 51.6 Å². The van der Waals surface area contributed by atoms with Gasteiger partial charge in [-0.05, 0) is 38.2 Å². The second-order valence-electron chi connectivity index (χ2n) is 6.56. The van der Waals surface area contributed by atoms with E-state index in [1.54, 1.807) is 0 Å². The van der Waals surface area contributed by atoms with Gasteiger partial charge in [-0.25, -0.2) is 0 Å². The van der Waals surface area contributed by atoms with Crippen LogP contribution in [-0.2, 0) is 6.42 Å². The van der Waals surface area contributed by atoms with Crippen molar-refractivity contribution in [2.24, 2.45) is 17.4 Å². The molecular formula is C20H30Cl2N2O. The van der Waals surface area contributed by atoms with E-state index in [4.69, 9.17) is 11.5 Å². The van der Waals surface area contributed by atoms with Crippen molar-refractivity contribution in [3.63, 3.8) is 0 Å². The minimum Gasteiger partial charge on any atom is -0.328 e. The standard InChI is InChI=1S/C20H28N2O.2ClH/c1-3-18(22)13-15-7-6-9-17(12-15)20(23)19-10-5-4-8-16(19)11-14(2)21;;/h4-8,10,12,14,17-18H,3,9,11,13,21-22H2,1-2H3;2*1H. The summed E-state index contributed by atoms with van der Waals surface area (Å²) in [6.45, 7) is 4.05. The molecule has 1 aromatic carbocycles. The van der Waals surface area contributed by atoms with Gasteiger partial charge in [-0.3, -0.25) is 4.79 Å².